The summed E-state index contributed by atoms with van der Waals surface area (Å²) in [7, 11) is 0. The Kier molecular flexibility index (Phi) is 2.47. The molecule has 3 heteroatoms. The van der Waals surface area contributed by atoms with Crippen molar-refractivity contribution in [1.82, 2.24) is 14.4 Å². The molecule has 0 atom stereocenters. The van der Waals surface area contributed by atoms with Crippen molar-refractivity contribution >= 4 is 5.65 Å². The molecule has 0 radical (unpaired) electrons. The normalized spacial score (nSPS) is 12.2. The Morgan fingerprint density at radius 2 is 1.87 bits per heavy atom. The molecule has 0 amide bonds. The summed E-state index contributed by atoms with van der Waals surface area (Å²) in [6, 6.07) is 0. The number of hydrogen-bond donors (Lipinski definition) is 0. The summed E-state index contributed by atoms with van der Waals surface area (Å²) >= 11 is 0. The van der Waals surface area contributed by atoms with Crippen LogP contribution in [0.4, 0.5) is 0 Å². The lowest BCUT2D eigenvalue weighted by atomic mass is 9.84. The minimum Gasteiger partial charge on any atom is -0.304 e. The van der Waals surface area contributed by atoms with Gasteiger partial charge in [0, 0.05) is 30.2 Å². The first kappa shape index (κ1) is 10.1. The molecular weight excluding hydrogens is 186 g/mol. The van der Waals surface area contributed by atoms with Gasteiger partial charge >= 0.3 is 0 Å². The van der Waals surface area contributed by atoms with Gasteiger partial charge in [-0.05, 0) is 6.42 Å². The SMILES string of the molecule is CCCC(C)(C)c1nccn2ccnc12. The van der Waals surface area contributed by atoms with Crippen LogP contribution in [0.15, 0.2) is 24.8 Å². The van der Waals surface area contributed by atoms with E-state index in [-0.39, 0.29) is 5.41 Å². The van der Waals surface area contributed by atoms with E-state index < -0.39 is 0 Å². The van der Waals surface area contributed by atoms with Crippen LogP contribution in [0.5, 0.6) is 0 Å². The van der Waals surface area contributed by atoms with Crippen molar-refractivity contribution in [2.45, 2.75) is 39.0 Å². The molecule has 0 aromatic carbocycles. The van der Waals surface area contributed by atoms with E-state index in [1.807, 2.05) is 29.2 Å². The fraction of sp³-hybridized carbons (Fsp3) is 0.500. The van der Waals surface area contributed by atoms with Crippen LogP contribution in [0, 0.1) is 0 Å². The van der Waals surface area contributed by atoms with Crippen molar-refractivity contribution in [3.63, 3.8) is 0 Å². The van der Waals surface area contributed by atoms with E-state index in [1.54, 1.807) is 0 Å². The van der Waals surface area contributed by atoms with Crippen LogP contribution in [0.2, 0.25) is 0 Å². The Morgan fingerprint density at radius 1 is 1.20 bits per heavy atom. The average Bonchev–Trinajstić information content (AvgIpc) is 2.64. The number of nitrogens with zero attached hydrogens (tertiary/aromatic N) is 3. The summed E-state index contributed by atoms with van der Waals surface area (Å²) in [6.45, 7) is 6.66. The quantitative estimate of drug-likeness (QED) is 0.767. The van der Waals surface area contributed by atoms with Gasteiger partial charge in [-0.2, -0.15) is 0 Å². The number of fused-ring (bicyclic) bond motifs is 1. The molecule has 0 unspecified atom stereocenters. The van der Waals surface area contributed by atoms with Crippen LogP contribution in [-0.2, 0) is 5.41 Å². The predicted molar refractivity (Wildman–Crippen MR) is 60.9 cm³/mol. The van der Waals surface area contributed by atoms with Gasteiger partial charge in [0.1, 0.15) is 0 Å². The zero-order valence-electron chi connectivity index (χ0n) is 9.57. The van der Waals surface area contributed by atoms with E-state index in [0.717, 1.165) is 24.2 Å². The molecule has 80 valence electrons. The second-order valence-electron chi connectivity index (χ2n) is 4.57. The molecule has 2 aromatic heterocycles. The maximum Gasteiger partial charge on any atom is 0.159 e. The molecule has 0 spiro atoms. The average molecular weight is 203 g/mol. The molecule has 0 fully saturated rings. The van der Waals surface area contributed by atoms with Crippen LogP contribution >= 0.6 is 0 Å². The Hall–Kier alpha value is -1.38. The number of aromatic nitrogens is 3. The van der Waals surface area contributed by atoms with E-state index in [9.17, 15) is 0 Å². The highest BCUT2D eigenvalue weighted by Crippen LogP contribution is 2.28. The number of rotatable bonds is 3. The van der Waals surface area contributed by atoms with Crippen molar-refractivity contribution in [2.24, 2.45) is 0 Å². The van der Waals surface area contributed by atoms with Crippen molar-refractivity contribution in [2.75, 3.05) is 0 Å². The first-order chi connectivity index (χ1) is 7.15. The minimum atomic E-state index is 0.0998. The summed E-state index contributed by atoms with van der Waals surface area (Å²) in [4.78, 5) is 8.85. The Bertz CT molecular complexity index is 457. The molecule has 0 aliphatic heterocycles. The lowest BCUT2D eigenvalue weighted by Gasteiger charge is -2.23. The molecule has 0 N–H and O–H groups in total. The predicted octanol–water partition coefficient (Wildman–Crippen LogP) is 2.81. The molecule has 0 saturated carbocycles. The fourth-order valence-electron chi connectivity index (χ4n) is 2.07. The molecule has 2 rings (SSSR count). The highest BCUT2D eigenvalue weighted by atomic mass is 15.0. The van der Waals surface area contributed by atoms with Gasteiger partial charge in [0.2, 0.25) is 0 Å². The standard InChI is InChI=1S/C12H17N3/c1-4-5-12(2,3)10-11-14-7-9-15(11)8-6-13-10/h6-9H,4-5H2,1-3H3. The van der Waals surface area contributed by atoms with E-state index in [2.05, 4.69) is 30.7 Å². The van der Waals surface area contributed by atoms with Crippen LogP contribution < -0.4 is 0 Å². The van der Waals surface area contributed by atoms with Gasteiger partial charge in [-0.15, -0.1) is 0 Å². The molecule has 2 aromatic rings. The Morgan fingerprint density at radius 3 is 2.53 bits per heavy atom. The third-order valence-corrected chi connectivity index (χ3v) is 2.83. The molecule has 0 aliphatic carbocycles. The zero-order chi connectivity index (χ0) is 10.9. The fourth-order valence-corrected chi connectivity index (χ4v) is 2.07. The largest absolute Gasteiger partial charge is 0.304 e. The van der Waals surface area contributed by atoms with Gasteiger partial charge in [0.15, 0.2) is 5.65 Å². The smallest absolute Gasteiger partial charge is 0.159 e. The molecule has 2 heterocycles. The van der Waals surface area contributed by atoms with Crippen LogP contribution in [0.25, 0.3) is 5.65 Å². The number of imidazole rings is 1. The Balaban J connectivity index is 2.55. The maximum absolute atomic E-state index is 4.49. The van der Waals surface area contributed by atoms with Crippen LogP contribution in [-0.4, -0.2) is 14.4 Å². The van der Waals surface area contributed by atoms with Gasteiger partial charge in [-0.1, -0.05) is 27.2 Å². The van der Waals surface area contributed by atoms with Crippen LogP contribution in [0.3, 0.4) is 0 Å². The highest BCUT2D eigenvalue weighted by molar-refractivity contribution is 5.47. The molecule has 15 heavy (non-hydrogen) atoms. The van der Waals surface area contributed by atoms with Gasteiger partial charge < -0.3 is 4.40 Å². The monoisotopic (exact) mass is 203 g/mol. The van der Waals surface area contributed by atoms with E-state index in [1.165, 1.54) is 0 Å². The molecule has 0 aliphatic rings. The molecule has 0 saturated heterocycles. The lowest BCUT2D eigenvalue weighted by molar-refractivity contribution is 0.461. The zero-order valence-corrected chi connectivity index (χ0v) is 9.57. The van der Waals surface area contributed by atoms with Crippen molar-refractivity contribution < 1.29 is 0 Å². The summed E-state index contributed by atoms with van der Waals surface area (Å²) in [5, 5.41) is 0. The van der Waals surface area contributed by atoms with E-state index >= 15 is 0 Å². The second kappa shape index (κ2) is 3.65. The van der Waals surface area contributed by atoms with Gasteiger partial charge in [-0.3, -0.25) is 4.98 Å². The van der Waals surface area contributed by atoms with Gasteiger partial charge in [-0.25, -0.2) is 4.98 Å². The van der Waals surface area contributed by atoms with Gasteiger partial charge in [0.25, 0.3) is 0 Å². The summed E-state index contributed by atoms with van der Waals surface area (Å²) in [6.07, 6.45) is 9.86. The van der Waals surface area contributed by atoms with Crippen molar-refractivity contribution in [3.05, 3.63) is 30.5 Å². The summed E-state index contributed by atoms with van der Waals surface area (Å²) < 4.78 is 2.03. The minimum absolute atomic E-state index is 0.0998. The first-order valence-corrected chi connectivity index (χ1v) is 5.43. The van der Waals surface area contributed by atoms with Crippen LogP contribution in [0.1, 0.15) is 39.3 Å². The molecule has 3 nitrogen and oxygen atoms in total. The third kappa shape index (κ3) is 1.74. The summed E-state index contributed by atoms with van der Waals surface area (Å²) in [5.41, 5.74) is 2.18. The third-order valence-electron chi connectivity index (χ3n) is 2.83. The van der Waals surface area contributed by atoms with E-state index in [0.29, 0.717) is 0 Å². The van der Waals surface area contributed by atoms with Crippen molar-refractivity contribution in [1.29, 1.82) is 0 Å². The first-order valence-electron chi connectivity index (χ1n) is 5.43. The van der Waals surface area contributed by atoms with Gasteiger partial charge in [0.05, 0.1) is 5.69 Å². The molecule has 0 bridgehead atoms. The highest BCUT2D eigenvalue weighted by Gasteiger charge is 2.24. The second-order valence-corrected chi connectivity index (χ2v) is 4.57. The number of hydrogen-bond acceptors (Lipinski definition) is 2. The lowest BCUT2D eigenvalue weighted by Crippen LogP contribution is -2.19. The van der Waals surface area contributed by atoms with Crippen molar-refractivity contribution in [3.8, 4) is 0 Å². The Labute approximate surface area is 90.2 Å². The van der Waals surface area contributed by atoms with E-state index in [4.69, 9.17) is 0 Å². The topological polar surface area (TPSA) is 30.2 Å². The molecular formula is C12H17N3. The summed E-state index contributed by atoms with van der Waals surface area (Å²) in [5.74, 6) is 0. The maximum atomic E-state index is 4.49.